The zero-order valence-corrected chi connectivity index (χ0v) is 18.4. The van der Waals surface area contributed by atoms with Crippen LogP contribution in [-0.2, 0) is 4.74 Å². The number of nitriles is 2. The molecule has 0 bridgehead atoms. The van der Waals surface area contributed by atoms with E-state index in [9.17, 15) is 105 Å². The van der Waals surface area contributed by atoms with Crippen molar-refractivity contribution in [3.63, 3.8) is 0 Å². The van der Waals surface area contributed by atoms with Gasteiger partial charge in [0.1, 0.15) is 12.1 Å². The summed E-state index contributed by atoms with van der Waals surface area (Å²) >= 11 is 0. The number of halogens is 24. The van der Waals surface area contributed by atoms with Gasteiger partial charge in [-0.15, -0.1) is 0 Å². The zero-order chi connectivity index (χ0) is 35.4. The van der Waals surface area contributed by atoms with Gasteiger partial charge in [-0.05, 0) is 0 Å². The predicted octanol–water partition coefficient (Wildman–Crippen LogP) is 8.62. The fraction of sp³-hybridized carbons (Fsp3) is 0.625. The highest BCUT2D eigenvalue weighted by molar-refractivity contribution is 5.23. The van der Waals surface area contributed by atoms with Crippen LogP contribution in [0.2, 0.25) is 0 Å². The van der Waals surface area contributed by atoms with E-state index in [0.29, 0.717) is 0 Å². The molecule has 0 rings (SSSR count). The normalized spacial score (nSPS) is 16.6. The summed E-state index contributed by atoms with van der Waals surface area (Å²) < 4.78 is 319. The predicted molar refractivity (Wildman–Crippen MR) is 80.3 cm³/mol. The SMILES string of the molecule is N#CC(F)(F)C(F)(F)C(F)(F)C(F)(F)C(F)(F)C(F)=C(F)OC(F)=C(F)C(F)(F)C(F)(F)C(F)(F)C(F)(F)C(F)(F)C#N. The molecule has 0 aromatic rings. The number of hydrogen-bond donors (Lipinski definition) is 0. The Morgan fingerprint density at radius 3 is 0.767 bits per heavy atom. The Balaban J connectivity index is 6.95. The van der Waals surface area contributed by atoms with Gasteiger partial charge in [-0.1, -0.05) is 0 Å². The van der Waals surface area contributed by atoms with Crippen LogP contribution in [0.1, 0.15) is 0 Å². The number of nitrogens with zero attached hydrogens (tertiary/aromatic N) is 2. The van der Waals surface area contributed by atoms with Gasteiger partial charge in [-0.2, -0.15) is 116 Å². The lowest BCUT2D eigenvalue weighted by atomic mass is 9.94. The van der Waals surface area contributed by atoms with Crippen LogP contribution in [-0.4, -0.2) is 59.2 Å². The average molecular weight is 692 g/mol. The van der Waals surface area contributed by atoms with Gasteiger partial charge < -0.3 is 4.74 Å². The molecule has 0 saturated heterocycles. The molecule has 0 amide bonds. The van der Waals surface area contributed by atoms with Gasteiger partial charge in [0, 0.05) is 0 Å². The minimum absolute atomic E-state index is 1.07. The Morgan fingerprint density at radius 2 is 0.581 bits per heavy atom. The third kappa shape index (κ3) is 5.31. The number of alkyl halides is 20. The van der Waals surface area contributed by atoms with Crippen molar-refractivity contribution in [1.29, 1.82) is 10.5 Å². The highest BCUT2D eigenvalue weighted by atomic mass is 19.4. The molecule has 0 aromatic carbocycles. The Kier molecular flexibility index (Phi) is 9.79. The van der Waals surface area contributed by atoms with Crippen molar-refractivity contribution in [3.05, 3.63) is 23.7 Å². The first-order valence-corrected chi connectivity index (χ1v) is 8.89. The van der Waals surface area contributed by atoms with Gasteiger partial charge in [-0.3, -0.25) is 0 Å². The van der Waals surface area contributed by atoms with E-state index in [1.165, 1.54) is 0 Å². The molecule has 0 heterocycles. The smallest absolute Gasteiger partial charge is 0.400 e. The number of hydrogen-bond acceptors (Lipinski definition) is 3. The molecule has 27 heteroatoms. The Bertz CT molecular complexity index is 1140. The first-order valence-electron chi connectivity index (χ1n) is 8.89. The summed E-state index contributed by atoms with van der Waals surface area (Å²) in [6.45, 7) is 0. The Hall–Kier alpha value is -3.42. The molecular weight excluding hydrogens is 692 g/mol. The van der Waals surface area contributed by atoms with Gasteiger partial charge in [0.15, 0.2) is 0 Å². The van der Waals surface area contributed by atoms with Crippen LogP contribution in [0.4, 0.5) is 105 Å². The molecule has 0 N–H and O–H groups in total. The highest BCUT2D eigenvalue weighted by Crippen LogP contribution is 2.60. The van der Waals surface area contributed by atoms with Crippen molar-refractivity contribution in [2.24, 2.45) is 0 Å². The summed E-state index contributed by atoms with van der Waals surface area (Å²) in [7, 11) is 0. The number of allylic oxidation sites excluding steroid dienone is 2. The van der Waals surface area contributed by atoms with E-state index in [1.54, 1.807) is 0 Å². The quantitative estimate of drug-likeness (QED) is 0.152. The zero-order valence-electron chi connectivity index (χ0n) is 18.4. The van der Waals surface area contributed by atoms with Crippen molar-refractivity contribution in [2.75, 3.05) is 0 Å². The molecule has 3 nitrogen and oxygen atoms in total. The second kappa shape index (κ2) is 10.6. The molecule has 248 valence electrons. The van der Waals surface area contributed by atoms with Gasteiger partial charge >= 0.3 is 71.3 Å². The third-order valence-electron chi connectivity index (χ3n) is 4.51. The summed E-state index contributed by atoms with van der Waals surface area (Å²) in [6, 6.07) is -11.9. The first-order chi connectivity index (χ1) is 18.5. The molecule has 0 aliphatic heterocycles. The highest BCUT2D eigenvalue weighted by Gasteiger charge is 2.89. The molecule has 0 spiro atoms. The van der Waals surface area contributed by atoms with Crippen LogP contribution in [0, 0.1) is 22.7 Å². The Labute approximate surface area is 217 Å². The maximum absolute atomic E-state index is 13.4. The topological polar surface area (TPSA) is 56.8 Å². The van der Waals surface area contributed by atoms with Crippen LogP contribution in [0.25, 0.3) is 0 Å². The van der Waals surface area contributed by atoms with E-state index in [2.05, 4.69) is 0 Å². The lowest BCUT2D eigenvalue weighted by Gasteiger charge is -2.37. The lowest BCUT2D eigenvalue weighted by Crippen LogP contribution is -2.67. The Morgan fingerprint density at radius 1 is 0.372 bits per heavy atom. The number of rotatable bonds is 12. The maximum Gasteiger partial charge on any atom is 0.400 e. The standard InChI is InChI=1S/C16F24N2O/c17-3(9(25,26)13(33,34)15(37,38)11(29,30)7(21,22)1-41)5(19)43-6(20)4(18)10(27,28)14(35,36)16(39,40)12(31,32)8(23,24)2-42. The molecule has 0 fully saturated rings. The van der Waals surface area contributed by atoms with Crippen molar-refractivity contribution in [2.45, 2.75) is 59.2 Å². The maximum atomic E-state index is 13.4. The molecule has 0 saturated carbocycles. The van der Waals surface area contributed by atoms with E-state index < -0.39 is 95.0 Å². The summed E-state index contributed by atoms with van der Waals surface area (Å²) in [6.07, 6.45) is 0. The van der Waals surface area contributed by atoms with Gasteiger partial charge in [0.25, 0.3) is 0 Å². The monoisotopic (exact) mass is 692 g/mol. The van der Waals surface area contributed by atoms with E-state index in [0.717, 1.165) is 0 Å². The van der Waals surface area contributed by atoms with Crippen LogP contribution in [0.3, 0.4) is 0 Å². The summed E-state index contributed by atoms with van der Waals surface area (Å²) in [5, 5.41) is 15.3. The minimum atomic E-state index is -8.43. The number of ether oxygens (including phenoxy) is 1. The molecule has 0 atom stereocenters. The van der Waals surface area contributed by atoms with Crippen LogP contribution >= 0.6 is 0 Å². The summed E-state index contributed by atoms with van der Waals surface area (Å²) in [5.41, 5.74) is 0. The molecule has 0 radical (unpaired) electrons. The third-order valence-corrected chi connectivity index (χ3v) is 4.51. The molecule has 0 unspecified atom stereocenters. The first kappa shape index (κ1) is 39.6. The van der Waals surface area contributed by atoms with Crippen molar-refractivity contribution >= 4 is 0 Å². The van der Waals surface area contributed by atoms with Crippen molar-refractivity contribution in [3.8, 4) is 12.1 Å². The van der Waals surface area contributed by atoms with Gasteiger partial charge in [0.05, 0.1) is 0 Å². The molecule has 0 aromatic heterocycles. The molecule has 0 aliphatic rings. The lowest BCUT2D eigenvalue weighted by molar-refractivity contribution is -0.389. The molecule has 43 heavy (non-hydrogen) atoms. The molecular formula is C16F24N2O. The van der Waals surface area contributed by atoms with Crippen molar-refractivity contribution in [1.82, 2.24) is 0 Å². The second-order valence-corrected chi connectivity index (χ2v) is 7.24. The van der Waals surface area contributed by atoms with E-state index in [4.69, 9.17) is 10.5 Å². The van der Waals surface area contributed by atoms with E-state index in [1.807, 2.05) is 4.74 Å². The van der Waals surface area contributed by atoms with Crippen LogP contribution in [0.15, 0.2) is 23.7 Å². The minimum Gasteiger partial charge on any atom is -0.400 e. The van der Waals surface area contributed by atoms with E-state index in [-0.39, 0.29) is 0 Å². The van der Waals surface area contributed by atoms with Crippen LogP contribution < -0.4 is 0 Å². The van der Waals surface area contributed by atoms with Gasteiger partial charge in [-0.25, -0.2) is 0 Å². The fourth-order valence-electron chi connectivity index (χ4n) is 2.01. The van der Waals surface area contributed by atoms with Crippen LogP contribution in [0.5, 0.6) is 0 Å². The van der Waals surface area contributed by atoms with Crippen molar-refractivity contribution < 1.29 is 110 Å². The summed E-state index contributed by atoms with van der Waals surface area (Å²) in [5.74, 6) is -90.3. The van der Waals surface area contributed by atoms with E-state index >= 15 is 0 Å². The fourth-order valence-corrected chi connectivity index (χ4v) is 2.01. The largest absolute Gasteiger partial charge is 0.400 e. The molecule has 0 aliphatic carbocycles. The summed E-state index contributed by atoms with van der Waals surface area (Å²) in [4.78, 5) is 0. The second-order valence-electron chi connectivity index (χ2n) is 7.24. The van der Waals surface area contributed by atoms with Gasteiger partial charge in [0.2, 0.25) is 11.7 Å². The average Bonchev–Trinajstić information content (AvgIpc) is 2.86.